The van der Waals surface area contributed by atoms with Crippen LogP contribution in [0.5, 0.6) is 0 Å². The molecule has 30 heavy (non-hydrogen) atoms. The van der Waals surface area contributed by atoms with Crippen molar-refractivity contribution in [1.82, 2.24) is 4.90 Å². The standard InChI is InChI=1S/C24H22BrFN2O2/c1-2-30-22(29)15-28-23(16-8-4-3-5-9-16)19-14-17(25)12-13-21(19)27-24(28)18-10-6-7-11-20(18)26/h3-14,23-24,27H,2,15H2,1H3/t23-,24-/m1/s1. The van der Waals surface area contributed by atoms with Crippen LogP contribution in [0.4, 0.5) is 10.1 Å². The van der Waals surface area contributed by atoms with Crippen LogP contribution in [0.1, 0.15) is 35.8 Å². The number of rotatable bonds is 5. The molecule has 0 radical (unpaired) electrons. The van der Waals surface area contributed by atoms with Crippen LogP contribution in [0.3, 0.4) is 0 Å². The third-order valence-electron chi connectivity index (χ3n) is 5.20. The van der Waals surface area contributed by atoms with E-state index in [0.29, 0.717) is 12.2 Å². The molecular weight excluding hydrogens is 447 g/mol. The van der Waals surface area contributed by atoms with Gasteiger partial charge in [-0.3, -0.25) is 9.69 Å². The predicted molar refractivity (Wildman–Crippen MR) is 119 cm³/mol. The van der Waals surface area contributed by atoms with Crippen LogP contribution >= 0.6 is 15.9 Å². The molecule has 0 unspecified atom stereocenters. The van der Waals surface area contributed by atoms with Crippen molar-refractivity contribution in [2.75, 3.05) is 18.5 Å². The quantitative estimate of drug-likeness (QED) is 0.490. The molecule has 3 aromatic rings. The van der Waals surface area contributed by atoms with Crippen LogP contribution < -0.4 is 5.32 Å². The van der Waals surface area contributed by atoms with Gasteiger partial charge >= 0.3 is 5.97 Å². The van der Waals surface area contributed by atoms with E-state index in [1.165, 1.54) is 6.07 Å². The summed E-state index contributed by atoms with van der Waals surface area (Å²) in [6.07, 6.45) is -0.533. The van der Waals surface area contributed by atoms with Gasteiger partial charge in [0.1, 0.15) is 12.0 Å². The van der Waals surface area contributed by atoms with E-state index in [9.17, 15) is 9.18 Å². The highest BCUT2D eigenvalue weighted by Crippen LogP contribution is 2.45. The number of nitrogens with zero attached hydrogens (tertiary/aromatic N) is 1. The van der Waals surface area contributed by atoms with Crippen molar-refractivity contribution in [3.05, 3.63) is 99.8 Å². The van der Waals surface area contributed by atoms with Crippen molar-refractivity contribution in [3.63, 3.8) is 0 Å². The maximum Gasteiger partial charge on any atom is 0.320 e. The summed E-state index contributed by atoms with van der Waals surface area (Å²) in [6.45, 7) is 2.09. The Morgan fingerprint density at radius 3 is 2.53 bits per heavy atom. The molecule has 0 saturated carbocycles. The second-order valence-corrected chi connectivity index (χ2v) is 8.01. The molecule has 0 aromatic heterocycles. The van der Waals surface area contributed by atoms with E-state index in [4.69, 9.17) is 4.74 Å². The number of esters is 1. The molecular formula is C24H22BrFN2O2. The molecule has 4 nitrogen and oxygen atoms in total. The number of carbonyl (C=O) groups is 1. The van der Waals surface area contributed by atoms with Gasteiger partial charge in [-0.15, -0.1) is 0 Å². The summed E-state index contributed by atoms with van der Waals surface area (Å²) in [5, 5.41) is 3.44. The minimum Gasteiger partial charge on any atom is -0.465 e. The van der Waals surface area contributed by atoms with E-state index in [-0.39, 0.29) is 24.4 Å². The molecule has 2 atom stereocenters. The second kappa shape index (κ2) is 8.98. The zero-order chi connectivity index (χ0) is 21.1. The molecule has 0 bridgehead atoms. The molecule has 3 aromatic carbocycles. The summed E-state index contributed by atoms with van der Waals surface area (Å²) in [5.41, 5.74) is 3.41. The summed E-state index contributed by atoms with van der Waals surface area (Å²) in [6, 6.07) is 22.3. The van der Waals surface area contributed by atoms with Gasteiger partial charge < -0.3 is 10.1 Å². The lowest BCUT2D eigenvalue weighted by molar-refractivity contribution is -0.145. The van der Waals surface area contributed by atoms with Gasteiger partial charge in [-0.2, -0.15) is 0 Å². The minimum atomic E-state index is -0.533. The first-order chi connectivity index (χ1) is 14.6. The lowest BCUT2D eigenvalue weighted by atomic mass is 9.91. The largest absolute Gasteiger partial charge is 0.465 e. The van der Waals surface area contributed by atoms with E-state index in [2.05, 4.69) is 21.2 Å². The Kier molecular flexibility index (Phi) is 6.16. The molecule has 0 spiro atoms. The number of fused-ring (bicyclic) bond motifs is 1. The predicted octanol–water partition coefficient (Wildman–Crippen LogP) is 5.67. The highest BCUT2D eigenvalue weighted by atomic mass is 79.9. The van der Waals surface area contributed by atoms with Crippen molar-refractivity contribution in [3.8, 4) is 0 Å². The number of nitrogens with one attached hydrogen (secondary N) is 1. The summed E-state index contributed by atoms with van der Waals surface area (Å²) in [7, 11) is 0. The maximum absolute atomic E-state index is 14.8. The third kappa shape index (κ3) is 4.11. The third-order valence-corrected chi connectivity index (χ3v) is 5.69. The number of ether oxygens (including phenoxy) is 1. The Morgan fingerprint density at radius 2 is 1.80 bits per heavy atom. The van der Waals surface area contributed by atoms with Crippen molar-refractivity contribution < 1.29 is 13.9 Å². The summed E-state index contributed by atoms with van der Waals surface area (Å²) in [5.74, 6) is -0.670. The van der Waals surface area contributed by atoms with Gasteiger partial charge in [-0.25, -0.2) is 4.39 Å². The number of hydrogen-bond donors (Lipinski definition) is 1. The summed E-state index contributed by atoms with van der Waals surface area (Å²) >= 11 is 3.56. The van der Waals surface area contributed by atoms with Crippen LogP contribution in [0, 0.1) is 5.82 Å². The van der Waals surface area contributed by atoms with Crippen LogP contribution in [0.15, 0.2) is 77.3 Å². The Labute approximate surface area is 183 Å². The zero-order valence-corrected chi connectivity index (χ0v) is 18.1. The molecule has 6 heteroatoms. The van der Waals surface area contributed by atoms with Gasteiger partial charge in [-0.05, 0) is 42.3 Å². The number of anilines is 1. The Morgan fingerprint density at radius 1 is 1.07 bits per heavy atom. The lowest BCUT2D eigenvalue weighted by Gasteiger charge is -2.44. The smallest absolute Gasteiger partial charge is 0.320 e. The number of benzene rings is 3. The van der Waals surface area contributed by atoms with Crippen LogP contribution in [0.25, 0.3) is 0 Å². The van der Waals surface area contributed by atoms with Crippen molar-refractivity contribution >= 4 is 27.6 Å². The molecule has 0 amide bonds. The molecule has 1 aliphatic rings. The second-order valence-electron chi connectivity index (χ2n) is 7.09. The van der Waals surface area contributed by atoms with Gasteiger partial charge in [0.25, 0.3) is 0 Å². The average Bonchev–Trinajstić information content (AvgIpc) is 2.74. The fourth-order valence-corrected chi connectivity index (χ4v) is 4.33. The SMILES string of the molecule is CCOC(=O)CN1[C@H](c2ccccc2)c2cc(Br)ccc2N[C@H]1c1ccccc1F. The van der Waals surface area contributed by atoms with Crippen LogP contribution in [-0.4, -0.2) is 24.0 Å². The van der Waals surface area contributed by atoms with E-state index < -0.39 is 6.17 Å². The highest BCUT2D eigenvalue weighted by molar-refractivity contribution is 9.10. The van der Waals surface area contributed by atoms with Gasteiger partial charge in [0.2, 0.25) is 0 Å². The number of hydrogen-bond acceptors (Lipinski definition) is 4. The Balaban J connectivity index is 1.89. The van der Waals surface area contributed by atoms with Gasteiger partial charge in [0.15, 0.2) is 0 Å². The van der Waals surface area contributed by atoms with E-state index in [1.807, 2.05) is 53.4 Å². The molecule has 154 valence electrons. The van der Waals surface area contributed by atoms with Crippen molar-refractivity contribution in [2.45, 2.75) is 19.1 Å². The van der Waals surface area contributed by atoms with E-state index >= 15 is 0 Å². The van der Waals surface area contributed by atoms with Crippen molar-refractivity contribution in [2.24, 2.45) is 0 Å². The first kappa shape index (κ1) is 20.6. The Hall–Kier alpha value is -2.70. The summed E-state index contributed by atoms with van der Waals surface area (Å²) < 4.78 is 21.0. The van der Waals surface area contributed by atoms with Crippen LogP contribution in [0.2, 0.25) is 0 Å². The molecule has 0 fully saturated rings. The van der Waals surface area contributed by atoms with Crippen molar-refractivity contribution in [1.29, 1.82) is 0 Å². The molecule has 0 saturated heterocycles. The number of halogens is 2. The summed E-state index contributed by atoms with van der Waals surface area (Å²) in [4.78, 5) is 14.5. The first-order valence-electron chi connectivity index (χ1n) is 9.85. The highest BCUT2D eigenvalue weighted by Gasteiger charge is 2.38. The molecule has 1 N–H and O–H groups in total. The lowest BCUT2D eigenvalue weighted by Crippen LogP contribution is -2.44. The molecule has 4 rings (SSSR count). The molecule has 1 heterocycles. The molecule has 1 aliphatic heterocycles. The average molecular weight is 469 g/mol. The maximum atomic E-state index is 14.8. The number of carbonyl (C=O) groups excluding carboxylic acids is 1. The topological polar surface area (TPSA) is 41.6 Å². The van der Waals surface area contributed by atoms with Crippen LogP contribution in [-0.2, 0) is 9.53 Å². The van der Waals surface area contributed by atoms with Gasteiger partial charge in [-0.1, -0.05) is 64.5 Å². The van der Waals surface area contributed by atoms with Gasteiger partial charge in [0.05, 0.1) is 19.2 Å². The van der Waals surface area contributed by atoms with E-state index in [1.54, 1.807) is 25.1 Å². The first-order valence-corrected chi connectivity index (χ1v) is 10.6. The monoisotopic (exact) mass is 468 g/mol. The van der Waals surface area contributed by atoms with E-state index in [0.717, 1.165) is 21.3 Å². The molecule has 0 aliphatic carbocycles. The Bertz CT molecular complexity index is 1040. The fraction of sp³-hybridized carbons (Fsp3) is 0.208. The zero-order valence-electron chi connectivity index (χ0n) is 16.5. The fourth-order valence-electron chi connectivity index (χ4n) is 3.95. The normalized spacial score (nSPS) is 18.4. The van der Waals surface area contributed by atoms with Gasteiger partial charge in [0, 0.05) is 15.7 Å². The minimum absolute atomic E-state index is 0.0192.